The van der Waals surface area contributed by atoms with E-state index in [0.717, 1.165) is 6.20 Å². The molecule has 0 amide bonds. The Morgan fingerprint density at radius 3 is 2.44 bits per heavy atom. The number of carbonyl (C=O) groups is 1. The van der Waals surface area contributed by atoms with Gasteiger partial charge in [0.05, 0.1) is 5.56 Å². The third-order valence-electron chi connectivity index (χ3n) is 1.87. The predicted octanol–water partition coefficient (Wildman–Crippen LogP) is 3.63. The number of hydrogen-bond acceptors (Lipinski definition) is 3. The van der Waals surface area contributed by atoms with Gasteiger partial charge in [0.15, 0.2) is 12.0 Å². The molecule has 3 nitrogen and oxygen atoms in total. The molecule has 0 fully saturated rings. The van der Waals surface area contributed by atoms with Gasteiger partial charge < -0.3 is 4.74 Å². The van der Waals surface area contributed by atoms with Crippen molar-refractivity contribution in [2.75, 3.05) is 0 Å². The number of nitrogens with zero attached hydrogens (tertiary/aromatic N) is 1. The Hall–Kier alpha value is -1.25. The number of carbonyl (C=O) groups excluding carboxylic acids is 1. The van der Waals surface area contributed by atoms with Crippen LogP contribution in [-0.4, -0.2) is 17.6 Å². The molecule has 0 aliphatic rings. The van der Waals surface area contributed by atoms with Crippen molar-refractivity contribution in [3.8, 4) is 5.75 Å². The molecule has 18 heavy (non-hydrogen) atoms. The van der Waals surface area contributed by atoms with Crippen LogP contribution < -0.4 is 4.74 Å². The Morgan fingerprint density at radius 1 is 1.44 bits per heavy atom. The molecule has 0 atom stereocenters. The molecule has 1 aromatic heterocycles. The lowest BCUT2D eigenvalue weighted by Crippen LogP contribution is -2.20. The highest BCUT2D eigenvalue weighted by molar-refractivity contribution is 9.08. The minimum Gasteiger partial charge on any atom is -0.403 e. The summed E-state index contributed by atoms with van der Waals surface area (Å²) in [6.07, 6.45) is -7.60. The third kappa shape index (κ3) is 3.37. The molecule has 0 radical (unpaired) electrons. The van der Waals surface area contributed by atoms with Crippen molar-refractivity contribution >= 4 is 22.2 Å². The van der Waals surface area contributed by atoms with Gasteiger partial charge >= 0.3 is 6.36 Å². The molecular formula is C9H5BrF5NO2. The highest BCUT2D eigenvalue weighted by atomic mass is 79.9. The van der Waals surface area contributed by atoms with E-state index in [9.17, 15) is 26.7 Å². The molecule has 0 aliphatic carbocycles. The molecule has 0 aromatic carbocycles. The van der Waals surface area contributed by atoms with E-state index < -0.39 is 29.8 Å². The van der Waals surface area contributed by atoms with Crippen molar-refractivity contribution in [3.05, 3.63) is 23.0 Å². The number of pyridine rings is 1. The SMILES string of the molecule is O=Cc1ncc(CBr)c(C(F)F)c1OC(F)(F)F. The molecular weight excluding hydrogens is 329 g/mol. The van der Waals surface area contributed by atoms with Crippen LogP contribution in [0.2, 0.25) is 0 Å². The largest absolute Gasteiger partial charge is 0.573 e. The Bertz CT molecular complexity index is 449. The first-order valence-electron chi connectivity index (χ1n) is 4.37. The van der Waals surface area contributed by atoms with Crippen LogP contribution in [0.5, 0.6) is 5.75 Å². The Labute approximate surface area is 106 Å². The summed E-state index contributed by atoms with van der Waals surface area (Å²) in [7, 11) is 0. The van der Waals surface area contributed by atoms with Crippen LogP contribution in [0.15, 0.2) is 6.20 Å². The molecule has 0 N–H and O–H groups in total. The quantitative estimate of drug-likeness (QED) is 0.480. The van der Waals surface area contributed by atoms with Crippen LogP contribution in [0, 0.1) is 0 Å². The summed E-state index contributed by atoms with van der Waals surface area (Å²) >= 11 is 2.84. The number of ether oxygens (including phenoxy) is 1. The predicted molar refractivity (Wildman–Crippen MR) is 53.9 cm³/mol. The maximum absolute atomic E-state index is 12.8. The molecule has 9 heteroatoms. The monoisotopic (exact) mass is 333 g/mol. The molecule has 0 saturated carbocycles. The van der Waals surface area contributed by atoms with E-state index in [2.05, 4.69) is 25.7 Å². The van der Waals surface area contributed by atoms with Crippen LogP contribution in [0.3, 0.4) is 0 Å². The summed E-state index contributed by atoms with van der Waals surface area (Å²) in [5.74, 6) is -1.26. The number of hydrogen-bond donors (Lipinski definition) is 0. The average Bonchev–Trinajstić information content (AvgIpc) is 2.25. The lowest BCUT2D eigenvalue weighted by atomic mass is 10.1. The first-order valence-corrected chi connectivity index (χ1v) is 5.49. The van der Waals surface area contributed by atoms with Crippen molar-refractivity contribution in [1.29, 1.82) is 0 Å². The Morgan fingerprint density at radius 2 is 2.06 bits per heavy atom. The van der Waals surface area contributed by atoms with Crippen LogP contribution in [0.4, 0.5) is 22.0 Å². The van der Waals surface area contributed by atoms with Crippen molar-refractivity contribution < 1.29 is 31.5 Å². The van der Waals surface area contributed by atoms with E-state index in [1.807, 2.05) is 0 Å². The van der Waals surface area contributed by atoms with Crippen LogP contribution in [0.25, 0.3) is 0 Å². The summed E-state index contributed by atoms with van der Waals surface area (Å²) in [4.78, 5) is 13.9. The molecule has 0 saturated heterocycles. The Kier molecular flexibility index (Phi) is 4.60. The normalized spacial score (nSPS) is 11.7. The maximum atomic E-state index is 12.8. The zero-order valence-corrected chi connectivity index (χ0v) is 10.1. The van der Waals surface area contributed by atoms with Gasteiger partial charge in [-0.1, -0.05) is 15.9 Å². The summed E-state index contributed by atoms with van der Waals surface area (Å²) in [6.45, 7) is 0. The number of aldehydes is 1. The number of aromatic nitrogens is 1. The Balaban J connectivity index is 3.45. The van der Waals surface area contributed by atoms with E-state index in [0.29, 0.717) is 0 Å². The van der Waals surface area contributed by atoms with Crippen molar-refractivity contribution in [2.45, 2.75) is 18.1 Å². The van der Waals surface area contributed by atoms with Crippen molar-refractivity contribution in [2.24, 2.45) is 0 Å². The van der Waals surface area contributed by atoms with E-state index in [4.69, 9.17) is 0 Å². The fraction of sp³-hybridized carbons (Fsp3) is 0.333. The van der Waals surface area contributed by atoms with Crippen LogP contribution >= 0.6 is 15.9 Å². The maximum Gasteiger partial charge on any atom is 0.573 e. The van der Waals surface area contributed by atoms with Gasteiger partial charge in [-0.05, 0) is 5.56 Å². The fourth-order valence-corrected chi connectivity index (χ4v) is 1.66. The highest BCUT2D eigenvalue weighted by Crippen LogP contribution is 2.37. The number of rotatable bonds is 4. The summed E-state index contributed by atoms with van der Waals surface area (Å²) < 4.78 is 65.3. The second-order valence-corrected chi connectivity index (χ2v) is 3.57. The second-order valence-electron chi connectivity index (χ2n) is 3.01. The van der Waals surface area contributed by atoms with Gasteiger partial charge in [0.1, 0.15) is 5.69 Å². The summed E-state index contributed by atoms with van der Waals surface area (Å²) in [5, 5.41) is -0.146. The van der Waals surface area contributed by atoms with Crippen molar-refractivity contribution in [3.63, 3.8) is 0 Å². The topological polar surface area (TPSA) is 39.2 Å². The van der Waals surface area contributed by atoms with Gasteiger partial charge in [-0.2, -0.15) is 0 Å². The number of alkyl halides is 6. The number of halogens is 6. The van der Waals surface area contributed by atoms with Gasteiger partial charge in [-0.25, -0.2) is 13.8 Å². The van der Waals surface area contributed by atoms with Crippen LogP contribution in [0.1, 0.15) is 28.0 Å². The molecule has 1 heterocycles. The molecule has 1 aromatic rings. The smallest absolute Gasteiger partial charge is 0.403 e. The first-order chi connectivity index (χ1) is 8.30. The zero-order valence-electron chi connectivity index (χ0n) is 8.47. The second kappa shape index (κ2) is 5.59. The molecule has 0 bridgehead atoms. The molecule has 1 rings (SSSR count). The lowest BCUT2D eigenvalue weighted by molar-refractivity contribution is -0.275. The van der Waals surface area contributed by atoms with Gasteiger partial charge in [0.25, 0.3) is 6.43 Å². The molecule has 0 aliphatic heterocycles. The van der Waals surface area contributed by atoms with E-state index >= 15 is 0 Å². The highest BCUT2D eigenvalue weighted by Gasteiger charge is 2.36. The molecule has 0 spiro atoms. The van der Waals surface area contributed by atoms with Gasteiger partial charge in [-0.3, -0.25) is 4.79 Å². The fourth-order valence-electron chi connectivity index (χ4n) is 1.21. The standard InChI is InChI=1S/C9H5BrF5NO2/c10-1-4-2-16-5(3-17)7(6(4)8(11)12)18-9(13,14)15/h2-3,8H,1H2. The van der Waals surface area contributed by atoms with Gasteiger partial charge in [0, 0.05) is 11.5 Å². The summed E-state index contributed by atoms with van der Waals surface area (Å²) in [5.41, 5.74) is -2.01. The summed E-state index contributed by atoms with van der Waals surface area (Å²) in [6, 6.07) is 0. The lowest BCUT2D eigenvalue weighted by Gasteiger charge is -2.16. The molecule has 0 unspecified atom stereocenters. The van der Waals surface area contributed by atoms with Gasteiger partial charge in [0.2, 0.25) is 0 Å². The van der Waals surface area contributed by atoms with Gasteiger partial charge in [-0.15, -0.1) is 13.2 Å². The van der Waals surface area contributed by atoms with E-state index in [1.54, 1.807) is 0 Å². The zero-order chi connectivity index (χ0) is 13.9. The first kappa shape index (κ1) is 14.8. The van der Waals surface area contributed by atoms with Crippen LogP contribution in [-0.2, 0) is 5.33 Å². The third-order valence-corrected chi connectivity index (χ3v) is 2.48. The van der Waals surface area contributed by atoms with E-state index in [1.165, 1.54) is 0 Å². The minimum atomic E-state index is -5.19. The average molecular weight is 334 g/mol. The van der Waals surface area contributed by atoms with Crippen molar-refractivity contribution in [1.82, 2.24) is 4.98 Å². The van der Waals surface area contributed by atoms with E-state index in [-0.39, 0.29) is 17.2 Å². The minimum absolute atomic E-state index is 0.0784. The molecule has 100 valence electrons.